The van der Waals surface area contributed by atoms with E-state index in [1.54, 1.807) is 26.8 Å². The number of para-hydroxylation sites is 1. The lowest BCUT2D eigenvalue weighted by atomic mass is 10.1. The van der Waals surface area contributed by atoms with Gasteiger partial charge >= 0.3 is 11.9 Å². The van der Waals surface area contributed by atoms with Crippen molar-refractivity contribution in [2.45, 2.75) is 32.8 Å². The lowest BCUT2D eigenvalue weighted by Crippen LogP contribution is -2.23. The number of hydrogen-bond acceptors (Lipinski definition) is 3. The monoisotopic (exact) mass is 301 g/mol. The van der Waals surface area contributed by atoms with Gasteiger partial charge in [-0.2, -0.15) is 0 Å². The molecular formula is C17H19NO4. The summed E-state index contributed by atoms with van der Waals surface area (Å²) >= 11 is 0. The van der Waals surface area contributed by atoms with E-state index in [-0.39, 0.29) is 12.0 Å². The molecule has 2 aromatic rings. The van der Waals surface area contributed by atoms with Gasteiger partial charge in [-0.3, -0.25) is 4.79 Å². The maximum Gasteiger partial charge on any atom is 0.337 e. The first-order chi connectivity index (χ1) is 10.3. The largest absolute Gasteiger partial charge is 0.478 e. The zero-order valence-electron chi connectivity index (χ0n) is 12.8. The topological polar surface area (TPSA) is 79.4 Å². The Bertz CT molecular complexity index is 701. The number of carbonyl (C=O) groups excluding carboxylic acids is 1. The van der Waals surface area contributed by atoms with Crippen LogP contribution in [0.15, 0.2) is 36.4 Å². The van der Waals surface area contributed by atoms with Crippen LogP contribution in [0.1, 0.15) is 32.9 Å². The van der Waals surface area contributed by atoms with Gasteiger partial charge in [0.1, 0.15) is 5.60 Å². The Morgan fingerprint density at radius 2 is 1.95 bits per heavy atom. The van der Waals surface area contributed by atoms with Crippen molar-refractivity contribution in [1.29, 1.82) is 0 Å². The van der Waals surface area contributed by atoms with E-state index in [0.717, 1.165) is 10.9 Å². The average molecular weight is 301 g/mol. The minimum absolute atomic E-state index is 0.0575. The van der Waals surface area contributed by atoms with Crippen molar-refractivity contribution in [3.8, 4) is 0 Å². The highest BCUT2D eigenvalue weighted by atomic mass is 16.6. The summed E-state index contributed by atoms with van der Waals surface area (Å²) in [5.41, 5.74) is 0.788. The number of aromatic nitrogens is 1. The molecule has 1 aromatic heterocycles. The van der Waals surface area contributed by atoms with Crippen molar-refractivity contribution in [3.63, 3.8) is 0 Å². The number of fused-ring (bicyclic) bond motifs is 1. The molecule has 0 bridgehead atoms. The quantitative estimate of drug-likeness (QED) is 0.670. The molecule has 0 aliphatic carbocycles. The Kier molecular flexibility index (Phi) is 4.35. The Morgan fingerprint density at radius 3 is 2.55 bits per heavy atom. The highest BCUT2D eigenvalue weighted by Gasteiger charge is 2.17. The van der Waals surface area contributed by atoms with E-state index in [9.17, 15) is 14.7 Å². The molecule has 5 heteroatoms. The number of nitrogens with one attached hydrogen (secondary N) is 1. The highest BCUT2D eigenvalue weighted by molar-refractivity contribution is 6.16. The second-order valence-electron chi connectivity index (χ2n) is 5.98. The van der Waals surface area contributed by atoms with Gasteiger partial charge in [0.05, 0.1) is 17.7 Å². The van der Waals surface area contributed by atoms with Crippen molar-refractivity contribution in [2.75, 3.05) is 0 Å². The summed E-state index contributed by atoms with van der Waals surface area (Å²) in [4.78, 5) is 26.2. The van der Waals surface area contributed by atoms with E-state index < -0.39 is 17.5 Å². The number of esters is 1. The molecule has 2 N–H and O–H groups in total. The fraction of sp³-hybridized carbons (Fsp3) is 0.294. The minimum atomic E-state index is -1.09. The van der Waals surface area contributed by atoms with Crippen LogP contribution < -0.4 is 0 Å². The smallest absolute Gasteiger partial charge is 0.337 e. The summed E-state index contributed by atoms with van der Waals surface area (Å²) in [5, 5.41) is 10.3. The van der Waals surface area contributed by atoms with E-state index in [0.29, 0.717) is 5.69 Å². The minimum Gasteiger partial charge on any atom is -0.478 e. The first kappa shape index (κ1) is 15.8. The van der Waals surface area contributed by atoms with Crippen LogP contribution >= 0.6 is 0 Å². The molecule has 0 saturated heterocycles. The molecule has 0 amide bonds. The van der Waals surface area contributed by atoms with Gasteiger partial charge in [0, 0.05) is 10.9 Å². The van der Waals surface area contributed by atoms with Crippen LogP contribution in [0.3, 0.4) is 0 Å². The summed E-state index contributed by atoms with van der Waals surface area (Å²) in [6.07, 6.45) is 1.29. The van der Waals surface area contributed by atoms with E-state index in [4.69, 9.17) is 4.74 Å². The third-order valence-corrected chi connectivity index (χ3v) is 2.94. The van der Waals surface area contributed by atoms with Crippen molar-refractivity contribution >= 4 is 28.4 Å². The van der Waals surface area contributed by atoms with Gasteiger partial charge in [0.15, 0.2) is 0 Å². The van der Waals surface area contributed by atoms with Gasteiger partial charge < -0.3 is 14.8 Å². The molecule has 0 unspecified atom stereocenters. The first-order valence-electron chi connectivity index (χ1n) is 7.00. The van der Waals surface area contributed by atoms with Crippen molar-refractivity contribution < 1.29 is 19.4 Å². The summed E-state index contributed by atoms with van der Waals surface area (Å²) in [7, 11) is 0. The number of aromatic amines is 1. The molecule has 1 aromatic carbocycles. The average Bonchev–Trinajstić information content (AvgIpc) is 2.79. The zero-order valence-corrected chi connectivity index (χ0v) is 12.8. The zero-order chi connectivity index (χ0) is 16.3. The summed E-state index contributed by atoms with van der Waals surface area (Å²) in [5.74, 6) is -1.54. The summed E-state index contributed by atoms with van der Waals surface area (Å²) in [6.45, 7) is 5.30. The van der Waals surface area contributed by atoms with Crippen LogP contribution in [0.2, 0.25) is 0 Å². The lowest BCUT2D eigenvalue weighted by molar-refractivity contribution is -0.153. The Morgan fingerprint density at radius 1 is 1.27 bits per heavy atom. The van der Waals surface area contributed by atoms with Crippen LogP contribution in [0.25, 0.3) is 16.5 Å². The van der Waals surface area contributed by atoms with Crippen molar-refractivity contribution in [1.82, 2.24) is 4.98 Å². The molecule has 0 saturated carbocycles. The van der Waals surface area contributed by atoms with Crippen molar-refractivity contribution in [2.24, 2.45) is 0 Å². The molecule has 0 fully saturated rings. The number of aliphatic carboxylic acids is 1. The van der Waals surface area contributed by atoms with Gasteiger partial charge in [-0.25, -0.2) is 4.79 Å². The fourth-order valence-corrected chi connectivity index (χ4v) is 2.10. The molecular weight excluding hydrogens is 282 g/mol. The normalized spacial score (nSPS) is 12.4. The number of carboxylic acids is 1. The van der Waals surface area contributed by atoms with E-state index >= 15 is 0 Å². The van der Waals surface area contributed by atoms with E-state index in [1.165, 1.54) is 6.08 Å². The summed E-state index contributed by atoms with van der Waals surface area (Å²) < 4.78 is 5.18. The number of carboxylic acid groups (broad SMARTS) is 1. The first-order valence-corrected chi connectivity index (χ1v) is 7.00. The van der Waals surface area contributed by atoms with Gasteiger partial charge in [0.25, 0.3) is 0 Å². The molecule has 5 nitrogen and oxygen atoms in total. The molecule has 0 atom stereocenters. The van der Waals surface area contributed by atoms with Gasteiger partial charge in [-0.15, -0.1) is 0 Å². The molecule has 1 heterocycles. The lowest BCUT2D eigenvalue weighted by Gasteiger charge is -2.18. The molecule has 2 rings (SSSR count). The molecule has 116 valence electrons. The van der Waals surface area contributed by atoms with E-state index in [1.807, 2.05) is 24.3 Å². The van der Waals surface area contributed by atoms with Crippen LogP contribution in [-0.2, 0) is 14.3 Å². The van der Waals surface area contributed by atoms with Crippen LogP contribution in [0.5, 0.6) is 0 Å². The maximum absolute atomic E-state index is 11.7. The number of carbonyl (C=O) groups is 2. The van der Waals surface area contributed by atoms with Gasteiger partial charge in [-0.05, 0) is 32.9 Å². The molecule has 0 aliphatic rings. The number of ether oxygens (including phenoxy) is 1. The standard InChI is InChI=1S/C17H19NO4/c1-17(2,3)22-15(19)9-8-12(16(20)21)14-10-11-6-4-5-7-13(11)18-14/h4-8,10,18H,9H2,1-3H3,(H,20,21)/b12-8+. The van der Waals surface area contributed by atoms with Gasteiger partial charge in [0.2, 0.25) is 0 Å². The number of rotatable bonds is 4. The third-order valence-electron chi connectivity index (χ3n) is 2.94. The van der Waals surface area contributed by atoms with E-state index in [2.05, 4.69) is 4.98 Å². The highest BCUT2D eigenvalue weighted by Crippen LogP contribution is 2.21. The molecule has 22 heavy (non-hydrogen) atoms. The maximum atomic E-state index is 11.7. The molecule has 0 radical (unpaired) electrons. The molecule has 0 aliphatic heterocycles. The summed E-state index contributed by atoms with van der Waals surface area (Å²) in [6, 6.07) is 9.26. The molecule has 0 spiro atoms. The number of H-pyrrole nitrogens is 1. The predicted molar refractivity (Wildman–Crippen MR) is 84.4 cm³/mol. The predicted octanol–water partition coefficient (Wildman–Crippen LogP) is 3.37. The van der Waals surface area contributed by atoms with Crippen LogP contribution in [0, 0.1) is 0 Å². The SMILES string of the molecule is CC(C)(C)OC(=O)C/C=C(/C(=O)O)c1cc2ccccc2[nH]1. The second-order valence-corrected chi connectivity index (χ2v) is 5.98. The second kappa shape index (κ2) is 6.05. The van der Waals surface area contributed by atoms with Gasteiger partial charge in [-0.1, -0.05) is 24.3 Å². The van der Waals surface area contributed by atoms with Crippen LogP contribution in [-0.4, -0.2) is 27.6 Å². The van der Waals surface area contributed by atoms with Crippen LogP contribution in [0.4, 0.5) is 0 Å². The number of hydrogen-bond donors (Lipinski definition) is 2. The Labute approximate surface area is 128 Å². The third kappa shape index (κ3) is 3.97. The fourth-order valence-electron chi connectivity index (χ4n) is 2.10. The number of benzene rings is 1. The Balaban J connectivity index is 2.24. The van der Waals surface area contributed by atoms with Crippen molar-refractivity contribution in [3.05, 3.63) is 42.1 Å². The Hall–Kier alpha value is -2.56.